The summed E-state index contributed by atoms with van der Waals surface area (Å²) in [4.78, 5) is 0. The van der Waals surface area contributed by atoms with Gasteiger partial charge in [-0.3, -0.25) is 0 Å². The molecule has 2 nitrogen and oxygen atoms in total. The molecule has 2 aromatic rings. The number of nitrogens with one attached hydrogen (secondary N) is 1. The Hall–Kier alpha value is -1.32. The van der Waals surface area contributed by atoms with Crippen molar-refractivity contribution in [1.82, 2.24) is 5.32 Å². The highest BCUT2D eigenvalue weighted by molar-refractivity contribution is 9.10. The van der Waals surface area contributed by atoms with E-state index < -0.39 is 0 Å². The average molecular weight is 305 g/mol. The fourth-order valence-electron chi connectivity index (χ4n) is 1.86. The molecule has 3 N–H and O–H groups in total. The van der Waals surface area contributed by atoms with E-state index in [1.54, 1.807) is 0 Å². The molecule has 0 aromatic heterocycles. The van der Waals surface area contributed by atoms with Crippen LogP contribution in [0.15, 0.2) is 53.0 Å². The molecule has 0 aliphatic heterocycles. The monoisotopic (exact) mass is 304 g/mol. The van der Waals surface area contributed by atoms with Crippen LogP contribution in [0, 0.1) is 0 Å². The van der Waals surface area contributed by atoms with Crippen molar-refractivity contribution >= 4 is 21.6 Å². The zero-order valence-corrected chi connectivity index (χ0v) is 11.8. The van der Waals surface area contributed by atoms with Gasteiger partial charge in [0, 0.05) is 16.7 Å². The van der Waals surface area contributed by atoms with Crippen molar-refractivity contribution < 1.29 is 0 Å². The molecular weight excluding hydrogens is 288 g/mol. The standard InChI is InChI=1S/C15H17BrN2/c16-14-5-1-3-12(9-14)7-8-18-11-13-4-2-6-15(17)10-13/h1-6,9-10,18H,7-8,11,17H2. The maximum absolute atomic E-state index is 5.74. The molecule has 0 radical (unpaired) electrons. The number of anilines is 1. The van der Waals surface area contributed by atoms with E-state index in [0.717, 1.165) is 29.7 Å². The maximum atomic E-state index is 5.74. The van der Waals surface area contributed by atoms with Gasteiger partial charge in [-0.2, -0.15) is 0 Å². The third-order valence-electron chi connectivity index (χ3n) is 2.76. The number of benzene rings is 2. The minimum Gasteiger partial charge on any atom is -0.399 e. The number of nitrogen functional groups attached to an aromatic ring is 1. The molecule has 0 amide bonds. The van der Waals surface area contributed by atoms with Crippen LogP contribution in [0.1, 0.15) is 11.1 Å². The molecule has 0 heterocycles. The first-order valence-corrected chi connectivity index (χ1v) is 6.83. The smallest absolute Gasteiger partial charge is 0.0317 e. The molecule has 0 saturated carbocycles. The van der Waals surface area contributed by atoms with Crippen molar-refractivity contribution in [2.24, 2.45) is 0 Å². The molecular formula is C15H17BrN2. The molecule has 18 heavy (non-hydrogen) atoms. The maximum Gasteiger partial charge on any atom is 0.0317 e. The predicted octanol–water partition coefficient (Wildman–Crippen LogP) is 3.36. The van der Waals surface area contributed by atoms with Gasteiger partial charge in [0.05, 0.1) is 0 Å². The number of nitrogens with two attached hydrogens (primary N) is 1. The second kappa shape index (κ2) is 6.57. The molecule has 0 unspecified atom stereocenters. The van der Waals surface area contributed by atoms with E-state index in [9.17, 15) is 0 Å². The minimum atomic E-state index is 0.821. The summed E-state index contributed by atoms with van der Waals surface area (Å²) in [5.41, 5.74) is 9.12. The highest BCUT2D eigenvalue weighted by Gasteiger charge is 1.96. The van der Waals surface area contributed by atoms with Crippen LogP contribution in [-0.4, -0.2) is 6.54 Å². The van der Waals surface area contributed by atoms with Crippen LogP contribution < -0.4 is 11.1 Å². The third kappa shape index (κ3) is 4.17. The van der Waals surface area contributed by atoms with Crippen molar-refractivity contribution in [3.8, 4) is 0 Å². The summed E-state index contributed by atoms with van der Waals surface area (Å²) in [5, 5.41) is 3.43. The van der Waals surface area contributed by atoms with E-state index in [1.165, 1.54) is 11.1 Å². The fourth-order valence-corrected chi connectivity index (χ4v) is 2.31. The van der Waals surface area contributed by atoms with Gasteiger partial charge in [-0.05, 0) is 48.4 Å². The first-order chi connectivity index (χ1) is 8.74. The molecule has 0 spiro atoms. The van der Waals surface area contributed by atoms with Crippen molar-refractivity contribution in [1.29, 1.82) is 0 Å². The Morgan fingerprint density at radius 2 is 1.78 bits per heavy atom. The summed E-state index contributed by atoms with van der Waals surface area (Å²) < 4.78 is 1.14. The van der Waals surface area contributed by atoms with E-state index in [0.29, 0.717) is 0 Å². The van der Waals surface area contributed by atoms with Crippen LogP contribution in [0.3, 0.4) is 0 Å². The summed E-state index contributed by atoms with van der Waals surface area (Å²) in [5.74, 6) is 0. The van der Waals surface area contributed by atoms with Crippen LogP contribution in [0.5, 0.6) is 0 Å². The number of rotatable bonds is 5. The van der Waals surface area contributed by atoms with E-state index in [4.69, 9.17) is 5.73 Å². The van der Waals surface area contributed by atoms with Gasteiger partial charge in [0.15, 0.2) is 0 Å². The third-order valence-corrected chi connectivity index (χ3v) is 3.25. The fraction of sp³-hybridized carbons (Fsp3) is 0.200. The van der Waals surface area contributed by atoms with Gasteiger partial charge >= 0.3 is 0 Å². The van der Waals surface area contributed by atoms with Gasteiger partial charge in [-0.15, -0.1) is 0 Å². The van der Waals surface area contributed by atoms with Crippen LogP contribution in [-0.2, 0) is 13.0 Å². The summed E-state index contributed by atoms with van der Waals surface area (Å²) in [7, 11) is 0. The summed E-state index contributed by atoms with van der Waals surface area (Å²) in [6, 6.07) is 16.4. The van der Waals surface area contributed by atoms with Gasteiger partial charge in [-0.1, -0.05) is 40.2 Å². The summed E-state index contributed by atoms with van der Waals surface area (Å²) in [6.07, 6.45) is 1.03. The molecule has 0 aliphatic rings. The highest BCUT2D eigenvalue weighted by atomic mass is 79.9. The Morgan fingerprint density at radius 1 is 1.00 bits per heavy atom. The molecule has 0 fully saturated rings. The molecule has 0 bridgehead atoms. The van der Waals surface area contributed by atoms with Gasteiger partial charge in [0.1, 0.15) is 0 Å². The van der Waals surface area contributed by atoms with Crippen molar-refractivity contribution in [2.45, 2.75) is 13.0 Å². The Kier molecular flexibility index (Phi) is 4.79. The molecule has 0 saturated heterocycles. The topological polar surface area (TPSA) is 38.0 Å². The van der Waals surface area contributed by atoms with Crippen LogP contribution in [0.25, 0.3) is 0 Å². The van der Waals surface area contributed by atoms with E-state index in [-0.39, 0.29) is 0 Å². The molecule has 0 aliphatic carbocycles. The normalized spacial score (nSPS) is 10.5. The lowest BCUT2D eigenvalue weighted by Crippen LogP contribution is -2.16. The predicted molar refractivity (Wildman–Crippen MR) is 80.4 cm³/mol. The van der Waals surface area contributed by atoms with Crippen molar-refractivity contribution in [3.05, 3.63) is 64.1 Å². The molecule has 94 valence electrons. The lowest BCUT2D eigenvalue weighted by atomic mass is 10.1. The number of hydrogen-bond donors (Lipinski definition) is 2. The Morgan fingerprint density at radius 3 is 2.56 bits per heavy atom. The van der Waals surface area contributed by atoms with Gasteiger partial charge < -0.3 is 11.1 Å². The lowest BCUT2D eigenvalue weighted by molar-refractivity contribution is 0.687. The second-order valence-electron chi connectivity index (χ2n) is 4.30. The second-order valence-corrected chi connectivity index (χ2v) is 5.22. The van der Waals surface area contributed by atoms with Crippen LogP contribution in [0.2, 0.25) is 0 Å². The average Bonchev–Trinajstić information content (AvgIpc) is 2.35. The minimum absolute atomic E-state index is 0.821. The van der Waals surface area contributed by atoms with E-state index in [2.05, 4.69) is 45.5 Å². The Balaban J connectivity index is 1.76. The SMILES string of the molecule is Nc1cccc(CNCCc2cccc(Br)c2)c1. The number of halogens is 1. The highest BCUT2D eigenvalue weighted by Crippen LogP contribution is 2.11. The van der Waals surface area contributed by atoms with Gasteiger partial charge in [0.2, 0.25) is 0 Å². The molecule has 0 atom stereocenters. The summed E-state index contributed by atoms with van der Waals surface area (Å²) >= 11 is 3.48. The van der Waals surface area contributed by atoms with Gasteiger partial charge in [-0.25, -0.2) is 0 Å². The lowest BCUT2D eigenvalue weighted by Gasteiger charge is -2.06. The summed E-state index contributed by atoms with van der Waals surface area (Å²) in [6.45, 7) is 1.82. The largest absolute Gasteiger partial charge is 0.399 e. The van der Waals surface area contributed by atoms with Crippen molar-refractivity contribution in [2.75, 3.05) is 12.3 Å². The molecule has 2 rings (SSSR count). The Bertz CT molecular complexity index is 464. The quantitative estimate of drug-likeness (QED) is 0.656. The zero-order valence-electron chi connectivity index (χ0n) is 10.2. The molecule has 3 heteroatoms. The van der Waals surface area contributed by atoms with Gasteiger partial charge in [0.25, 0.3) is 0 Å². The van der Waals surface area contributed by atoms with E-state index in [1.807, 2.05) is 24.3 Å². The first kappa shape index (κ1) is 13.1. The zero-order chi connectivity index (χ0) is 12.8. The van der Waals surface area contributed by atoms with Crippen LogP contribution >= 0.6 is 15.9 Å². The van der Waals surface area contributed by atoms with Crippen LogP contribution in [0.4, 0.5) is 5.69 Å². The first-order valence-electron chi connectivity index (χ1n) is 6.03. The Labute approximate surface area is 116 Å². The molecule has 2 aromatic carbocycles. The van der Waals surface area contributed by atoms with Crippen molar-refractivity contribution in [3.63, 3.8) is 0 Å². The number of hydrogen-bond acceptors (Lipinski definition) is 2. The van der Waals surface area contributed by atoms with E-state index >= 15 is 0 Å².